The minimum atomic E-state index is -1.11. The topological polar surface area (TPSA) is 141 Å². The monoisotopic (exact) mass is 394 g/mol. The van der Waals surface area contributed by atoms with E-state index in [9.17, 15) is 19.2 Å². The van der Waals surface area contributed by atoms with E-state index in [0.717, 1.165) is 22.5 Å². The second-order valence-electron chi connectivity index (χ2n) is 6.24. The molecule has 0 aliphatic carbocycles. The zero-order chi connectivity index (χ0) is 20.8. The lowest BCUT2D eigenvalue weighted by molar-refractivity contribution is -0.138. The number of aromatic nitrogens is 2. The fourth-order valence-corrected chi connectivity index (χ4v) is 2.77. The van der Waals surface area contributed by atoms with Crippen LogP contribution in [0.15, 0.2) is 53.5 Å². The van der Waals surface area contributed by atoms with E-state index in [1.807, 2.05) is 42.5 Å². The van der Waals surface area contributed by atoms with Gasteiger partial charge in [-0.2, -0.15) is 0 Å². The Morgan fingerprint density at radius 2 is 1.79 bits per heavy atom. The molecule has 3 aromatic rings. The third-order valence-corrected chi connectivity index (χ3v) is 4.16. The lowest BCUT2D eigenvalue weighted by Gasteiger charge is -2.08. The van der Waals surface area contributed by atoms with Crippen LogP contribution in [0.3, 0.4) is 0 Å². The van der Waals surface area contributed by atoms with E-state index >= 15 is 0 Å². The highest BCUT2D eigenvalue weighted by Gasteiger charge is 2.14. The molecule has 0 saturated carbocycles. The molecule has 4 N–H and O–H groups in total. The molecule has 2 aromatic carbocycles. The molecule has 0 atom stereocenters. The van der Waals surface area contributed by atoms with Gasteiger partial charge in [0.1, 0.15) is 5.82 Å². The summed E-state index contributed by atoms with van der Waals surface area (Å²) >= 11 is 0. The molecule has 0 spiro atoms. The second-order valence-corrected chi connectivity index (χ2v) is 6.24. The second kappa shape index (κ2) is 8.79. The summed E-state index contributed by atoms with van der Waals surface area (Å²) in [4.78, 5) is 52.7. The number of carbonyl (C=O) groups excluding carboxylic acids is 2. The van der Waals surface area contributed by atoms with Gasteiger partial charge in [-0.1, -0.05) is 42.5 Å². The van der Waals surface area contributed by atoms with Crippen LogP contribution in [0.4, 0.5) is 5.82 Å². The van der Waals surface area contributed by atoms with Crippen molar-refractivity contribution in [1.82, 2.24) is 15.3 Å². The Balaban J connectivity index is 1.66. The number of fused-ring (bicyclic) bond motifs is 1. The summed E-state index contributed by atoms with van der Waals surface area (Å²) in [5.74, 6) is -2.36. The third kappa shape index (κ3) is 5.04. The molecule has 0 fully saturated rings. The van der Waals surface area contributed by atoms with Gasteiger partial charge >= 0.3 is 5.97 Å². The van der Waals surface area contributed by atoms with E-state index in [4.69, 9.17) is 5.11 Å². The number of carboxylic acids is 1. The molecule has 1 heterocycles. The van der Waals surface area contributed by atoms with E-state index in [1.165, 1.54) is 0 Å². The fraction of sp³-hybridized carbons (Fsp3) is 0.150. The van der Waals surface area contributed by atoms with Crippen LogP contribution >= 0.6 is 0 Å². The van der Waals surface area contributed by atoms with Crippen molar-refractivity contribution in [2.24, 2.45) is 0 Å². The molecule has 148 valence electrons. The van der Waals surface area contributed by atoms with Crippen molar-refractivity contribution in [2.75, 3.05) is 5.32 Å². The van der Waals surface area contributed by atoms with Gasteiger partial charge in [-0.3, -0.25) is 19.2 Å². The van der Waals surface area contributed by atoms with E-state index in [0.29, 0.717) is 0 Å². The number of hydrogen-bond donors (Lipinski definition) is 4. The van der Waals surface area contributed by atoms with Crippen molar-refractivity contribution < 1.29 is 19.5 Å². The Bertz CT molecular complexity index is 1130. The molecule has 2 amide bonds. The minimum Gasteiger partial charge on any atom is -0.481 e. The van der Waals surface area contributed by atoms with Crippen molar-refractivity contribution in [1.29, 1.82) is 0 Å². The summed E-state index contributed by atoms with van der Waals surface area (Å²) < 4.78 is 0. The molecule has 0 aliphatic rings. The molecule has 0 radical (unpaired) electrons. The first-order valence-corrected chi connectivity index (χ1v) is 8.80. The highest BCUT2D eigenvalue weighted by Crippen LogP contribution is 2.18. The summed E-state index contributed by atoms with van der Waals surface area (Å²) in [7, 11) is 0. The molecule has 0 bridgehead atoms. The Labute approximate surface area is 164 Å². The largest absolute Gasteiger partial charge is 0.481 e. The number of rotatable bonds is 7. The van der Waals surface area contributed by atoms with Crippen LogP contribution in [0.25, 0.3) is 10.8 Å². The summed E-state index contributed by atoms with van der Waals surface area (Å²) in [5.41, 5.74) is -0.208. The predicted molar refractivity (Wildman–Crippen MR) is 105 cm³/mol. The smallest absolute Gasteiger partial charge is 0.303 e. The van der Waals surface area contributed by atoms with Crippen LogP contribution in [-0.4, -0.2) is 32.9 Å². The summed E-state index contributed by atoms with van der Waals surface area (Å²) in [6, 6.07) is 13.5. The molecule has 9 nitrogen and oxygen atoms in total. The van der Waals surface area contributed by atoms with Crippen molar-refractivity contribution in [3.05, 3.63) is 70.3 Å². The van der Waals surface area contributed by atoms with Gasteiger partial charge in [-0.15, -0.1) is 0 Å². The van der Waals surface area contributed by atoms with Crippen LogP contribution < -0.4 is 16.2 Å². The maximum atomic E-state index is 12.3. The molecule has 0 saturated heterocycles. The van der Waals surface area contributed by atoms with Gasteiger partial charge in [0.15, 0.2) is 5.69 Å². The zero-order valence-electron chi connectivity index (χ0n) is 15.3. The number of H-pyrrole nitrogens is 1. The molecule has 1 aromatic heterocycles. The maximum Gasteiger partial charge on any atom is 0.303 e. The van der Waals surface area contributed by atoms with Crippen molar-refractivity contribution in [3.63, 3.8) is 0 Å². The summed E-state index contributed by atoms with van der Waals surface area (Å²) in [5, 5.41) is 15.6. The number of carbonyl (C=O) groups is 3. The van der Waals surface area contributed by atoms with Crippen molar-refractivity contribution >= 4 is 34.4 Å². The molecule has 0 aliphatic heterocycles. The predicted octanol–water partition coefficient (Wildman–Crippen LogP) is 1.66. The summed E-state index contributed by atoms with van der Waals surface area (Å²) in [6.45, 7) is 0.217. The SMILES string of the molecule is O=C(O)CCC(=O)Nc1cnc(C(=O)NCc2cccc3ccccc23)c(=O)[nH]1. The van der Waals surface area contributed by atoms with Crippen LogP contribution in [0.5, 0.6) is 0 Å². The summed E-state index contributed by atoms with van der Waals surface area (Å²) in [6.07, 6.45) is 0.551. The maximum absolute atomic E-state index is 12.3. The average Bonchev–Trinajstić information content (AvgIpc) is 2.70. The van der Waals surface area contributed by atoms with Gasteiger partial charge in [-0.25, -0.2) is 4.98 Å². The Kier molecular flexibility index (Phi) is 5.98. The number of carboxylic acid groups (broad SMARTS) is 1. The van der Waals surface area contributed by atoms with Crippen LogP contribution in [0.1, 0.15) is 28.9 Å². The molecule has 9 heteroatoms. The molecule has 29 heavy (non-hydrogen) atoms. The number of benzene rings is 2. The average molecular weight is 394 g/mol. The molecular formula is C20H18N4O5. The number of amides is 2. The van der Waals surface area contributed by atoms with Crippen molar-refractivity contribution in [3.8, 4) is 0 Å². The number of anilines is 1. The van der Waals surface area contributed by atoms with Gasteiger partial charge < -0.3 is 20.7 Å². The fourth-order valence-electron chi connectivity index (χ4n) is 2.77. The lowest BCUT2D eigenvalue weighted by Crippen LogP contribution is -2.31. The van der Waals surface area contributed by atoms with Gasteiger partial charge in [-0.05, 0) is 16.3 Å². The van der Waals surface area contributed by atoms with Gasteiger partial charge in [0, 0.05) is 13.0 Å². The van der Waals surface area contributed by atoms with Gasteiger partial charge in [0.2, 0.25) is 5.91 Å². The number of hydrogen-bond acceptors (Lipinski definition) is 5. The highest BCUT2D eigenvalue weighted by molar-refractivity contribution is 5.94. The third-order valence-electron chi connectivity index (χ3n) is 4.16. The first-order valence-electron chi connectivity index (χ1n) is 8.80. The van der Waals surface area contributed by atoms with Crippen LogP contribution in [-0.2, 0) is 16.1 Å². The van der Waals surface area contributed by atoms with E-state index in [2.05, 4.69) is 20.6 Å². The number of aliphatic carboxylic acids is 1. The Hall–Kier alpha value is -4.01. The number of nitrogens with zero attached hydrogens (tertiary/aromatic N) is 1. The first-order chi connectivity index (χ1) is 13.9. The van der Waals surface area contributed by atoms with Crippen LogP contribution in [0.2, 0.25) is 0 Å². The standard InChI is InChI=1S/C20H18N4O5/c25-16(8-9-17(26)27)23-15-11-21-18(20(29)24-15)19(28)22-10-13-6-3-5-12-4-1-2-7-14(12)13/h1-7,11H,8-10H2,(H,22,28)(H,26,27)(H2,23,24,25,29). The normalized spacial score (nSPS) is 10.5. The van der Waals surface area contributed by atoms with Gasteiger partial charge in [0.25, 0.3) is 11.5 Å². The van der Waals surface area contributed by atoms with Gasteiger partial charge in [0.05, 0.1) is 12.6 Å². The van der Waals surface area contributed by atoms with E-state index < -0.39 is 23.3 Å². The van der Waals surface area contributed by atoms with Crippen LogP contribution in [0, 0.1) is 0 Å². The minimum absolute atomic E-state index is 0.0176. The quantitative estimate of drug-likeness (QED) is 0.480. The molecule has 0 unspecified atom stereocenters. The Morgan fingerprint density at radius 1 is 1.03 bits per heavy atom. The molecule has 3 rings (SSSR count). The van der Waals surface area contributed by atoms with E-state index in [1.54, 1.807) is 0 Å². The lowest BCUT2D eigenvalue weighted by atomic mass is 10.0. The highest BCUT2D eigenvalue weighted by atomic mass is 16.4. The zero-order valence-corrected chi connectivity index (χ0v) is 15.3. The Morgan fingerprint density at radius 3 is 2.55 bits per heavy atom. The van der Waals surface area contributed by atoms with E-state index in [-0.39, 0.29) is 30.9 Å². The first kappa shape index (κ1) is 19.7. The van der Waals surface area contributed by atoms with Crippen molar-refractivity contribution in [2.45, 2.75) is 19.4 Å². The number of aromatic amines is 1. The molecular weight excluding hydrogens is 376 g/mol. The number of nitrogens with one attached hydrogen (secondary N) is 3.